The van der Waals surface area contributed by atoms with Crippen LogP contribution in [0.1, 0.15) is 62.8 Å². The molecule has 4 fully saturated rings. The highest BCUT2D eigenvalue weighted by Crippen LogP contribution is 2.39. The zero-order valence-corrected chi connectivity index (χ0v) is 51.1. The molecule has 1 saturated carbocycles. The molecule has 4 aliphatic rings. The number of amides is 2. The molecule has 3 saturated heterocycles. The molecular weight excluding hydrogens is 1220 g/mol. The molecule has 4 N–H and O–H groups in total. The van der Waals surface area contributed by atoms with E-state index < -0.39 is 159 Å². The number of hydrogen-bond donors (Lipinski definition) is 3. The minimum atomic E-state index is -1.94. The van der Waals surface area contributed by atoms with Gasteiger partial charge in [-0.3, -0.25) is 19.2 Å². The fraction of sp³-hybridized carbons (Fsp3) is 0.508. The van der Waals surface area contributed by atoms with E-state index in [2.05, 4.69) is 35.4 Å². The van der Waals surface area contributed by atoms with Crippen molar-refractivity contribution < 1.29 is 95.5 Å². The van der Waals surface area contributed by atoms with Crippen LogP contribution in [0.3, 0.4) is 0 Å². The Morgan fingerprint density at radius 3 is 1.69 bits per heavy atom. The molecule has 3 aliphatic heterocycles. The second-order valence-corrected chi connectivity index (χ2v) is 22.0. The highest BCUT2D eigenvalue weighted by molar-refractivity contribution is 5.69. The third kappa shape index (κ3) is 19.7. The van der Waals surface area contributed by atoms with E-state index in [0.29, 0.717) is 11.1 Å². The van der Waals surface area contributed by atoms with Crippen LogP contribution in [-0.4, -0.2) is 176 Å². The fourth-order valence-corrected chi connectivity index (χ4v) is 11.1. The summed E-state index contributed by atoms with van der Waals surface area (Å²) in [4.78, 5) is 89.9. The number of esters is 4. The molecule has 0 bridgehead atoms. The number of nitrogens with two attached hydrogens (primary N) is 1. The van der Waals surface area contributed by atoms with E-state index in [1.165, 1.54) is 4.90 Å². The van der Waals surface area contributed by atoms with Gasteiger partial charge in [-0.15, -0.1) is 0 Å². The maximum Gasteiger partial charge on any atom is 0.410 e. The van der Waals surface area contributed by atoms with Crippen LogP contribution in [0, 0.1) is 0 Å². The first-order chi connectivity index (χ1) is 44.9. The van der Waals surface area contributed by atoms with Crippen molar-refractivity contribution in [1.82, 2.24) is 10.2 Å². The lowest BCUT2D eigenvalue weighted by atomic mass is 9.81. The van der Waals surface area contributed by atoms with Gasteiger partial charge in [0.05, 0.1) is 50.0 Å². The average Bonchev–Trinajstić information content (AvgIpc) is 1.74. The lowest BCUT2D eigenvalue weighted by Crippen LogP contribution is -2.73. The van der Waals surface area contributed by atoms with Gasteiger partial charge >= 0.3 is 36.1 Å². The van der Waals surface area contributed by atoms with Crippen molar-refractivity contribution in [1.29, 1.82) is 0 Å². The van der Waals surface area contributed by atoms with Crippen LogP contribution in [0.4, 0.5) is 9.59 Å². The van der Waals surface area contributed by atoms with Crippen molar-refractivity contribution in [2.75, 3.05) is 19.7 Å². The number of benzene rings is 4. The number of aliphatic hydroxyl groups is 1. The normalized spacial score (nSPS) is 28.8. The maximum absolute atomic E-state index is 14.4. The summed E-state index contributed by atoms with van der Waals surface area (Å²) < 4.78 is 80.2. The van der Waals surface area contributed by atoms with Crippen LogP contribution in [0.25, 0.3) is 31.3 Å². The highest BCUT2D eigenvalue weighted by atomic mass is 16.8. The van der Waals surface area contributed by atoms with E-state index in [0.717, 1.165) is 38.8 Å². The van der Waals surface area contributed by atoms with E-state index in [1.54, 1.807) is 72.8 Å². The molecule has 4 aromatic carbocycles. The molecule has 1 aliphatic carbocycles. The number of carbonyl (C=O) groups excluding carboxylic acids is 6. The highest BCUT2D eigenvalue weighted by Gasteiger charge is 2.59. The van der Waals surface area contributed by atoms with Crippen molar-refractivity contribution in [2.45, 2.75) is 177 Å². The minimum absolute atomic E-state index is 0.0522. The molecule has 32 nitrogen and oxygen atoms in total. The van der Waals surface area contributed by atoms with Gasteiger partial charge in [0.2, 0.25) is 0 Å². The molecule has 2 amide bonds. The summed E-state index contributed by atoms with van der Waals surface area (Å²) in [6.45, 7) is 2.42. The molecule has 3 heterocycles. The van der Waals surface area contributed by atoms with E-state index in [9.17, 15) is 50.5 Å². The zero-order chi connectivity index (χ0) is 66.4. The molecule has 8 rings (SSSR count). The van der Waals surface area contributed by atoms with Gasteiger partial charge in [-0.05, 0) is 51.7 Å². The van der Waals surface area contributed by atoms with Gasteiger partial charge in [-0.1, -0.05) is 137 Å². The van der Waals surface area contributed by atoms with Crippen LogP contribution in [0.2, 0.25) is 0 Å². The zero-order valence-electron chi connectivity index (χ0n) is 51.1. The molecule has 0 unspecified atom stereocenters. The van der Waals surface area contributed by atoms with E-state index in [-0.39, 0.29) is 45.8 Å². The number of ether oxygens (including phenoxy) is 13. The number of aliphatic hydroxyl groups excluding tert-OH is 1. The van der Waals surface area contributed by atoms with E-state index in [4.69, 9.17) is 67.3 Å². The Bertz CT molecular complexity index is 3280. The van der Waals surface area contributed by atoms with Crippen LogP contribution >= 0.6 is 0 Å². The van der Waals surface area contributed by atoms with Gasteiger partial charge < -0.3 is 82.6 Å². The molecular formula is C61H72N12O20. The van der Waals surface area contributed by atoms with Crippen LogP contribution in [0.5, 0.6) is 0 Å². The lowest BCUT2D eigenvalue weighted by Gasteiger charge is -2.50. The van der Waals surface area contributed by atoms with Crippen molar-refractivity contribution in [3.63, 3.8) is 0 Å². The van der Waals surface area contributed by atoms with Gasteiger partial charge in [0.15, 0.2) is 37.2 Å². The number of rotatable bonds is 27. The molecule has 0 radical (unpaired) electrons. The van der Waals surface area contributed by atoms with Gasteiger partial charge in [0, 0.05) is 49.0 Å². The smallest absolute Gasteiger partial charge is 0.410 e. The Balaban J connectivity index is 1.20. The predicted octanol–water partition coefficient (Wildman–Crippen LogP) is 6.54. The minimum Gasteiger partial charge on any atom is -0.463 e. The maximum atomic E-state index is 14.4. The third-order valence-electron chi connectivity index (χ3n) is 15.3. The summed E-state index contributed by atoms with van der Waals surface area (Å²) >= 11 is 0. The Kier molecular flexibility index (Phi) is 25.9. The summed E-state index contributed by atoms with van der Waals surface area (Å²) in [5.74, 6) is -3.67. The van der Waals surface area contributed by atoms with E-state index in [1.807, 2.05) is 48.5 Å². The molecule has 18 atom stereocenters. The quantitative estimate of drug-likeness (QED) is 0.0187. The summed E-state index contributed by atoms with van der Waals surface area (Å²) in [5.41, 5.74) is 39.1. The monoisotopic (exact) mass is 1290 g/mol. The van der Waals surface area contributed by atoms with Gasteiger partial charge in [-0.25, -0.2) is 9.59 Å². The molecule has 496 valence electrons. The largest absolute Gasteiger partial charge is 0.463 e. The molecule has 93 heavy (non-hydrogen) atoms. The second kappa shape index (κ2) is 34.5. The summed E-state index contributed by atoms with van der Waals surface area (Å²) in [6, 6.07) is 29.8. The summed E-state index contributed by atoms with van der Waals surface area (Å²) in [5, 5.41) is 27.0. The third-order valence-corrected chi connectivity index (χ3v) is 15.3. The Labute approximate surface area is 532 Å². The Morgan fingerprint density at radius 2 is 1.11 bits per heavy atom. The first-order valence-electron chi connectivity index (χ1n) is 29.7. The first kappa shape index (κ1) is 69.8. The van der Waals surface area contributed by atoms with E-state index >= 15 is 0 Å². The Morgan fingerprint density at radius 1 is 0.570 bits per heavy atom. The van der Waals surface area contributed by atoms with Crippen LogP contribution in [0.15, 0.2) is 137 Å². The molecule has 32 heteroatoms. The van der Waals surface area contributed by atoms with Gasteiger partial charge in [0.1, 0.15) is 62.5 Å². The van der Waals surface area contributed by atoms with Crippen LogP contribution in [-0.2, 0) is 107 Å². The van der Waals surface area contributed by atoms with Gasteiger partial charge in [-0.2, -0.15) is 0 Å². The molecule has 0 spiro atoms. The SMILES string of the molecule is CC(=O)OC[C@H]1O[C@@H](O[C@@H]2[C@@H](O)[C@H](N)[C@@H](OCc3ccccc3)[C@H](NC(=O)OCc3ccccc3)[C@H]2O[C@H]2O[C@H](CN(Cc3ccccc3)C(=O)OCc3ccccc3)CC[C@H]2N=[N+]=[N-])[C@H](OC(C)=O)[C@@H]1O[C@H]1O[C@@H](CN=[N+]=[N-])[C@@H](OC(C)=O)[C@H](OC(C)=O)[C@H]1N=[N+]=[N-]. The molecule has 0 aromatic heterocycles. The average molecular weight is 1290 g/mol. The van der Waals surface area contributed by atoms with Crippen molar-refractivity contribution in [2.24, 2.45) is 21.1 Å². The summed E-state index contributed by atoms with van der Waals surface area (Å²) in [6.07, 6.45) is -24.6. The van der Waals surface area contributed by atoms with Crippen molar-refractivity contribution in [3.05, 3.63) is 175 Å². The van der Waals surface area contributed by atoms with Crippen LogP contribution < -0.4 is 11.1 Å². The van der Waals surface area contributed by atoms with Crippen molar-refractivity contribution in [3.8, 4) is 0 Å². The second-order valence-electron chi connectivity index (χ2n) is 22.0. The Hall–Kier alpha value is -9.13. The predicted molar refractivity (Wildman–Crippen MR) is 319 cm³/mol. The number of azide groups is 3. The van der Waals surface area contributed by atoms with Gasteiger partial charge in [0.25, 0.3) is 0 Å². The first-order valence-corrected chi connectivity index (χ1v) is 29.7. The number of alkyl carbamates (subject to hydrolysis) is 1. The topological polar surface area (TPSA) is 430 Å². The fourth-order valence-electron chi connectivity index (χ4n) is 11.1. The standard InChI is InChI=1S/C61H72N12O20/c1-34(74)81-33-45-51(91-58-48(69-72-65)54(86-36(3)76)50(85-35(2)75)44(89-58)27-66-70-63)56(87-37(4)77)59(90-45)93-55-49(78)46(62)52(82-30-39-19-11-6-12-20-39)47(67-60(79)83-31-40-21-13-7-14-22-40)53(55)92-57-43(68-71-64)26-25-42(88-57)29-73(28-38-17-9-5-10-18-38)61(80)84-32-41-23-15-8-16-24-41/h5-24,42-59,78H,25-33,62H2,1-4H3,(H,67,79)/t42-,43+,44-,45+,46-,47-,48+,49-,50+,51+,52+,53+,54+,55+,56+,57+,58+,59-/m0/s1. The summed E-state index contributed by atoms with van der Waals surface area (Å²) in [7, 11) is 0. The number of nitrogens with one attached hydrogen (secondary N) is 1. The number of hydrogen-bond acceptors (Lipinski definition) is 24. The van der Waals surface area contributed by atoms with Crippen molar-refractivity contribution >= 4 is 36.1 Å². The number of nitrogens with zero attached hydrogens (tertiary/aromatic N) is 10. The lowest BCUT2D eigenvalue weighted by molar-refractivity contribution is -0.301. The molecule has 4 aromatic rings. The number of carbonyl (C=O) groups is 6.